The number of ether oxygens (including phenoxy) is 2. The lowest BCUT2D eigenvalue weighted by molar-refractivity contribution is -0.384. The van der Waals surface area contributed by atoms with Crippen molar-refractivity contribution >= 4 is 11.6 Å². The highest BCUT2D eigenvalue weighted by molar-refractivity contribution is 5.94. The van der Waals surface area contributed by atoms with Crippen LogP contribution >= 0.6 is 0 Å². The maximum absolute atomic E-state index is 12.4. The van der Waals surface area contributed by atoms with Crippen LogP contribution in [0.3, 0.4) is 0 Å². The Labute approximate surface area is 157 Å². The molecule has 1 aliphatic rings. The molecule has 0 saturated heterocycles. The third kappa shape index (κ3) is 4.75. The number of benzene rings is 2. The van der Waals surface area contributed by atoms with E-state index in [2.05, 4.69) is 5.32 Å². The average molecular weight is 370 g/mol. The van der Waals surface area contributed by atoms with Crippen LogP contribution in [0.25, 0.3) is 0 Å². The van der Waals surface area contributed by atoms with Gasteiger partial charge in [-0.25, -0.2) is 0 Å². The number of amides is 1. The molecule has 0 bridgehead atoms. The van der Waals surface area contributed by atoms with Gasteiger partial charge < -0.3 is 14.8 Å². The van der Waals surface area contributed by atoms with Gasteiger partial charge in [0.2, 0.25) is 0 Å². The molecule has 0 unspecified atom stereocenters. The highest BCUT2D eigenvalue weighted by atomic mass is 16.6. The predicted octanol–water partition coefficient (Wildman–Crippen LogP) is 3.85. The van der Waals surface area contributed by atoms with E-state index in [0.717, 1.165) is 18.4 Å². The minimum Gasteiger partial charge on any atom is -0.493 e. The van der Waals surface area contributed by atoms with Gasteiger partial charge in [0, 0.05) is 24.2 Å². The number of nitrogens with zero attached hydrogens (tertiary/aromatic N) is 1. The first-order valence-electron chi connectivity index (χ1n) is 8.93. The second-order valence-electron chi connectivity index (χ2n) is 6.50. The smallest absolute Gasteiger partial charge is 0.269 e. The van der Waals surface area contributed by atoms with Gasteiger partial charge in [-0.3, -0.25) is 14.9 Å². The topological polar surface area (TPSA) is 90.7 Å². The van der Waals surface area contributed by atoms with E-state index >= 15 is 0 Å². The van der Waals surface area contributed by atoms with Crippen molar-refractivity contribution in [3.63, 3.8) is 0 Å². The molecule has 1 saturated carbocycles. The second-order valence-corrected chi connectivity index (χ2v) is 6.50. The number of hydrogen-bond donors (Lipinski definition) is 1. The molecular weight excluding hydrogens is 348 g/mol. The highest BCUT2D eigenvalue weighted by Crippen LogP contribution is 2.32. The number of carbonyl (C=O) groups is 1. The molecule has 0 aliphatic heterocycles. The zero-order valence-corrected chi connectivity index (χ0v) is 15.1. The number of nitro benzene ring substituents is 1. The normalized spacial score (nSPS) is 14.0. The third-order valence-electron chi connectivity index (χ3n) is 4.62. The zero-order valence-electron chi connectivity index (χ0n) is 15.1. The summed E-state index contributed by atoms with van der Waals surface area (Å²) in [5.74, 6) is 0.931. The maximum atomic E-state index is 12.4. The largest absolute Gasteiger partial charge is 0.493 e. The fraction of sp³-hybridized carbons (Fsp3) is 0.350. The number of rotatable bonds is 7. The van der Waals surface area contributed by atoms with Gasteiger partial charge >= 0.3 is 0 Å². The molecule has 0 heterocycles. The van der Waals surface area contributed by atoms with E-state index in [1.807, 2.05) is 0 Å². The van der Waals surface area contributed by atoms with Gasteiger partial charge in [-0.05, 0) is 49.4 Å². The molecular formula is C20H22N2O5. The van der Waals surface area contributed by atoms with Crippen molar-refractivity contribution in [2.75, 3.05) is 7.11 Å². The van der Waals surface area contributed by atoms with Crippen LogP contribution in [0.1, 0.15) is 41.6 Å². The number of nitro groups is 1. The summed E-state index contributed by atoms with van der Waals surface area (Å²) < 4.78 is 11.4. The van der Waals surface area contributed by atoms with Crippen molar-refractivity contribution in [3.05, 3.63) is 63.7 Å². The monoisotopic (exact) mass is 370 g/mol. The van der Waals surface area contributed by atoms with Crippen LogP contribution in [0.4, 0.5) is 5.69 Å². The van der Waals surface area contributed by atoms with E-state index < -0.39 is 4.92 Å². The lowest BCUT2D eigenvalue weighted by Gasteiger charge is -2.16. The van der Waals surface area contributed by atoms with E-state index in [9.17, 15) is 14.9 Å². The Bertz CT molecular complexity index is 814. The van der Waals surface area contributed by atoms with Gasteiger partial charge in [0.15, 0.2) is 11.5 Å². The average Bonchev–Trinajstić information content (AvgIpc) is 3.19. The number of non-ortho nitro benzene ring substituents is 1. The number of nitrogens with one attached hydrogen (secondary N) is 1. The lowest BCUT2D eigenvalue weighted by Crippen LogP contribution is -2.23. The second kappa shape index (κ2) is 8.53. The molecule has 142 valence electrons. The van der Waals surface area contributed by atoms with Crippen molar-refractivity contribution in [2.24, 2.45) is 0 Å². The first-order valence-corrected chi connectivity index (χ1v) is 8.93. The van der Waals surface area contributed by atoms with Gasteiger partial charge in [0.05, 0.1) is 18.1 Å². The van der Waals surface area contributed by atoms with E-state index in [0.29, 0.717) is 17.1 Å². The maximum Gasteiger partial charge on any atom is 0.269 e. The molecule has 1 fully saturated rings. The van der Waals surface area contributed by atoms with Gasteiger partial charge in [0.25, 0.3) is 11.6 Å². The number of carbonyl (C=O) groups excluding carboxylic acids is 1. The minimum atomic E-state index is -0.455. The van der Waals surface area contributed by atoms with Gasteiger partial charge in [-0.1, -0.05) is 12.1 Å². The van der Waals surface area contributed by atoms with Crippen LogP contribution < -0.4 is 14.8 Å². The van der Waals surface area contributed by atoms with Crippen molar-refractivity contribution in [1.82, 2.24) is 5.32 Å². The first kappa shape index (κ1) is 18.7. The van der Waals surface area contributed by atoms with Crippen molar-refractivity contribution in [1.29, 1.82) is 0 Å². The number of hydrogen-bond acceptors (Lipinski definition) is 5. The summed E-state index contributed by atoms with van der Waals surface area (Å²) in [6, 6.07) is 11.2. The molecule has 7 nitrogen and oxygen atoms in total. The summed E-state index contributed by atoms with van der Waals surface area (Å²) in [4.78, 5) is 22.6. The highest BCUT2D eigenvalue weighted by Gasteiger charge is 2.19. The summed E-state index contributed by atoms with van der Waals surface area (Å²) >= 11 is 0. The third-order valence-corrected chi connectivity index (χ3v) is 4.62. The Hall–Kier alpha value is -3.09. The molecule has 1 amide bonds. The lowest BCUT2D eigenvalue weighted by atomic mass is 10.1. The Morgan fingerprint density at radius 1 is 1.15 bits per heavy atom. The van der Waals surface area contributed by atoms with Crippen LogP contribution in [-0.4, -0.2) is 24.0 Å². The summed E-state index contributed by atoms with van der Waals surface area (Å²) in [6.07, 6.45) is 4.65. The molecule has 0 aromatic heterocycles. The molecule has 1 N–H and O–H groups in total. The Morgan fingerprint density at radius 3 is 2.48 bits per heavy atom. The molecule has 2 aromatic rings. The van der Waals surface area contributed by atoms with Crippen LogP contribution in [0, 0.1) is 10.1 Å². The standard InChI is InChI=1S/C20H22N2O5/c1-26-19-12-15(8-11-18(19)27-17-4-2-3-5-17)20(23)21-13-14-6-9-16(10-7-14)22(24)25/h6-12,17H,2-5,13H2,1H3,(H,21,23). The quantitative estimate of drug-likeness (QED) is 0.590. The molecule has 27 heavy (non-hydrogen) atoms. The Kier molecular flexibility index (Phi) is 5.90. The van der Waals surface area contributed by atoms with E-state index in [1.54, 1.807) is 37.4 Å². The SMILES string of the molecule is COc1cc(C(=O)NCc2ccc([N+](=O)[O-])cc2)ccc1OC1CCCC1. The summed E-state index contributed by atoms with van der Waals surface area (Å²) in [5, 5.41) is 13.5. The van der Waals surface area contributed by atoms with Crippen molar-refractivity contribution in [3.8, 4) is 11.5 Å². The van der Waals surface area contributed by atoms with Crippen LogP contribution in [0.2, 0.25) is 0 Å². The van der Waals surface area contributed by atoms with Crippen LogP contribution in [-0.2, 0) is 6.54 Å². The fourth-order valence-electron chi connectivity index (χ4n) is 3.11. The molecule has 0 atom stereocenters. The summed E-state index contributed by atoms with van der Waals surface area (Å²) in [7, 11) is 1.55. The Morgan fingerprint density at radius 2 is 1.85 bits per heavy atom. The summed E-state index contributed by atoms with van der Waals surface area (Å²) in [5.41, 5.74) is 1.27. The van der Waals surface area contributed by atoms with Crippen LogP contribution in [0.5, 0.6) is 11.5 Å². The summed E-state index contributed by atoms with van der Waals surface area (Å²) in [6.45, 7) is 0.277. The molecule has 7 heteroatoms. The minimum absolute atomic E-state index is 0.0210. The van der Waals surface area contributed by atoms with Gasteiger partial charge in [0.1, 0.15) is 0 Å². The van der Waals surface area contributed by atoms with E-state index in [4.69, 9.17) is 9.47 Å². The molecule has 3 rings (SSSR count). The zero-order chi connectivity index (χ0) is 19.2. The van der Waals surface area contributed by atoms with E-state index in [1.165, 1.54) is 25.0 Å². The molecule has 1 aliphatic carbocycles. The Balaban J connectivity index is 1.62. The van der Waals surface area contributed by atoms with Gasteiger partial charge in [-0.15, -0.1) is 0 Å². The molecule has 0 spiro atoms. The van der Waals surface area contributed by atoms with Crippen LogP contribution in [0.15, 0.2) is 42.5 Å². The number of methoxy groups -OCH3 is 1. The van der Waals surface area contributed by atoms with Crippen molar-refractivity contribution in [2.45, 2.75) is 38.3 Å². The van der Waals surface area contributed by atoms with Crippen molar-refractivity contribution < 1.29 is 19.2 Å². The molecule has 2 aromatic carbocycles. The fourth-order valence-corrected chi connectivity index (χ4v) is 3.11. The van der Waals surface area contributed by atoms with E-state index in [-0.39, 0.29) is 24.2 Å². The predicted molar refractivity (Wildman–Crippen MR) is 100 cm³/mol. The molecule has 0 radical (unpaired) electrons. The van der Waals surface area contributed by atoms with Gasteiger partial charge in [-0.2, -0.15) is 0 Å². The first-order chi connectivity index (χ1) is 13.1.